The first-order chi connectivity index (χ1) is 7.10. The van der Waals surface area contributed by atoms with E-state index in [1.807, 2.05) is 6.92 Å². The fourth-order valence-corrected chi connectivity index (χ4v) is 1.02. The minimum Gasteiger partial charge on any atom is -0.481 e. The minimum absolute atomic E-state index is 0.0419. The summed E-state index contributed by atoms with van der Waals surface area (Å²) in [7, 11) is 0. The number of carboxylic acid groups (broad SMARTS) is 1. The standard InChI is InChI=1S/C10H17NO4/c1-3-7-15-10(14)11-8(4-2)5-6-9(12)13/h3,8H,1,4-7H2,2H3,(H,11,14)(H,12,13). The molecule has 0 spiro atoms. The Bertz CT molecular complexity index is 227. The summed E-state index contributed by atoms with van der Waals surface area (Å²) in [6, 6.07) is -0.154. The molecule has 0 rings (SSSR count). The first kappa shape index (κ1) is 13.5. The Labute approximate surface area is 89.1 Å². The number of carbonyl (C=O) groups excluding carboxylic acids is 1. The lowest BCUT2D eigenvalue weighted by Gasteiger charge is -2.15. The molecular weight excluding hydrogens is 198 g/mol. The third-order valence-electron chi connectivity index (χ3n) is 1.85. The summed E-state index contributed by atoms with van der Waals surface area (Å²) in [5.74, 6) is -0.866. The van der Waals surface area contributed by atoms with Crippen LogP contribution in [0.1, 0.15) is 26.2 Å². The van der Waals surface area contributed by atoms with Crippen molar-refractivity contribution in [3.8, 4) is 0 Å². The topological polar surface area (TPSA) is 75.6 Å². The molecule has 0 saturated heterocycles. The third kappa shape index (κ3) is 7.54. The quantitative estimate of drug-likeness (QED) is 0.632. The smallest absolute Gasteiger partial charge is 0.407 e. The lowest BCUT2D eigenvalue weighted by Crippen LogP contribution is -2.35. The van der Waals surface area contributed by atoms with Crippen molar-refractivity contribution in [1.29, 1.82) is 0 Å². The van der Waals surface area contributed by atoms with Crippen LogP contribution < -0.4 is 5.32 Å². The van der Waals surface area contributed by atoms with Gasteiger partial charge in [0.2, 0.25) is 0 Å². The Morgan fingerprint density at radius 1 is 1.60 bits per heavy atom. The Morgan fingerprint density at radius 3 is 2.73 bits per heavy atom. The van der Waals surface area contributed by atoms with Gasteiger partial charge in [0.25, 0.3) is 0 Å². The highest BCUT2D eigenvalue weighted by molar-refractivity contribution is 5.68. The lowest BCUT2D eigenvalue weighted by molar-refractivity contribution is -0.137. The van der Waals surface area contributed by atoms with Crippen LogP contribution in [0, 0.1) is 0 Å². The number of hydrogen-bond acceptors (Lipinski definition) is 3. The second-order valence-electron chi connectivity index (χ2n) is 3.07. The number of alkyl carbamates (subject to hydrolysis) is 1. The van der Waals surface area contributed by atoms with Crippen molar-refractivity contribution in [1.82, 2.24) is 5.32 Å². The Hall–Kier alpha value is -1.52. The van der Waals surface area contributed by atoms with Gasteiger partial charge in [-0.05, 0) is 12.8 Å². The summed E-state index contributed by atoms with van der Waals surface area (Å²) in [5, 5.41) is 11.1. The number of carboxylic acids is 1. The number of carbonyl (C=O) groups is 2. The molecule has 0 fully saturated rings. The van der Waals surface area contributed by atoms with Crippen molar-refractivity contribution in [3.63, 3.8) is 0 Å². The van der Waals surface area contributed by atoms with Gasteiger partial charge in [0.1, 0.15) is 6.61 Å². The van der Waals surface area contributed by atoms with E-state index in [0.29, 0.717) is 12.8 Å². The van der Waals surface area contributed by atoms with Crippen molar-refractivity contribution >= 4 is 12.1 Å². The van der Waals surface area contributed by atoms with Crippen LogP contribution >= 0.6 is 0 Å². The Balaban J connectivity index is 3.81. The van der Waals surface area contributed by atoms with Gasteiger partial charge >= 0.3 is 12.1 Å². The van der Waals surface area contributed by atoms with Crippen LogP contribution in [0.5, 0.6) is 0 Å². The molecule has 0 aromatic carbocycles. The summed E-state index contributed by atoms with van der Waals surface area (Å²) in [6.07, 6.45) is 2.07. The van der Waals surface area contributed by atoms with Gasteiger partial charge in [0.05, 0.1) is 0 Å². The molecule has 0 heterocycles. The maximum atomic E-state index is 11.1. The van der Waals surface area contributed by atoms with E-state index in [4.69, 9.17) is 9.84 Å². The normalized spacial score (nSPS) is 11.5. The Morgan fingerprint density at radius 2 is 2.27 bits per heavy atom. The van der Waals surface area contributed by atoms with Crippen molar-refractivity contribution in [3.05, 3.63) is 12.7 Å². The molecule has 0 radical (unpaired) electrons. The molecule has 5 heteroatoms. The fourth-order valence-electron chi connectivity index (χ4n) is 1.02. The van der Waals surface area contributed by atoms with Crippen molar-refractivity contribution in [2.45, 2.75) is 32.2 Å². The van der Waals surface area contributed by atoms with Crippen LogP contribution in [0.2, 0.25) is 0 Å². The van der Waals surface area contributed by atoms with Crippen LogP contribution in [0.3, 0.4) is 0 Å². The van der Waals surface area contributed by atoms with Gasteiger partial charge in [-0.15, -0.1) is 0 Å². The van der Waals surface area contributed by atoms with Crippen molar-refractivity contribution in [2.24, 2.45) is 0 Å². The zero-order chi connectivity index (χ0) is 11.7. The fraction of sp³-hybridized carbons (Fsp3) is 0.600. The maximum Gasteiger partial charge on any atom is 0.407 e. The zero-order valence-corrected chi connectivity index (χ0v) is 8.86. The highest BCUT2D eigenvalue weighted by Crippen LogP contribution is 2.02. The lowest BCUT2D eigenvalue weighted by atomic mass is 10.1. The summed E-state index contributed by atoms with van der Waals surface area (Å²) in [6.45, 7) is 5.44. The number of amides is 1. The van der Waals surface area contributed by atoms with E-state index < -0.39 is 12.1 Å². The van der Waals surface area contributed by atoms with Gasteiger partial charge in [0.15, 0.2) is 0 Å². The van der Waals surface area contributed by atoms with Gasteiger partial charge in [0, 0.05) is 12.5 Å². The van der Waals surface area contributed by atoms with Crippen molar-refractivity contribution < 1.29 is 19.4 Å². The van der Waals surface area contributed by atoms with Gasteiger partial charge in [-0.25, -0.2) is 4.79 Å². The first-order valence-corrected chi connectivity index (χ1v) is 4.86. The molecule has 0 aliphatic heterocycles. The summed E-state index contributed by atoms with van der Waals surface area (Å²) in [5.41, 5.74) is 0. The third-order valence-corrected chi connectivity index (χ3v) is 1.85. The summed E-state index contributed by atoms with van der Waals surface area (Å²) < 4.78 is 4.71. The molecule has 0 aliphatic carbocycles. The van der Waals surface area contributed by atoms with Crippen LogP contribution in [-0.2, 0) is 9.53 Å². The van der Waals surface area contributed by atoms with Gasteiger partial charge < -0.3 is 15.2 Å². The average molecular weight is 215 g/mol. The zero-order valence-electron chi connectivity index (χ0n) is 8.86. The van der Waals surface area contributed by atoms with Crippen LogP contribution in [0.4, 0.5) is 4.79 Å². The highest BCUT2D eigenvalue weighted by Gasteiger charge is 2.12. The van der Waals surface area contributed by atoms with E-state index >= 15 is 0 Å². The molecule has 0 bridgehead atoms. The number of rotatable bonds is 7. The molecule has 2 N–H and O–H groups in total. The van der Waals surface area contributed by atoms with E-state index in [9.17, 15) is 9.59 Å². The van der Waals surface area contributed by atoms with E-state index in [0.717, 1.165) is 0 Å². The number of aliphatic carboxylic acids is 1. The Kier molecular flexibility index (Phi) is 7.05. The molecule has 15 heavy (non-hydrogen) atoms. The number of hydrogen-bond donors (Lipinski definition) is 2. The van der Waals surface area contributed by atoms with Gasteiger partial charge in [-0.1, -0.05) is 19.6 Å². The molecule has 86 valence electrons. The molecule has 1 atom stereocenters. The van der Waals surface area contributed by atoms with Crippen LogP contribution in [-0.4, -0.2) is 29.8 Å². The minimum atomic E-state index is -0.866. The molecule has 1 unspecified atom stereocenters. The maximum absolute atomic E-state index is 11.1. The number of ether oxygens (including phenoxy) is 1. The monoisotopic (exact) mass is 215 g/mol. The molecule has 0 aromatic rings. The molecular formula is C10H17NO4. The van der Waals surface area contributed by atoms with E-state index in [2.05, 4.69) is 11.9 Å². The predicted molar refractivity (Wildman–Crippen MR) is 55.6 cm³/mol. The summed E-state index contributed by atoms with van der Waals surface area (Å²) >= 11 is 0. The second-order valence-corrected chi connectivity index (χ2v) is 3.07. The van der Waals surface area contributed by atoms with E-state index in [1.54, 1.807) is 0 Å². The second kappa shape index (κ2) is 7.84. The van der Waals surface area contributed by atoms with E-state index in [-0.39, 0.29) is 19.1 Å². The average Bonchev–Trinajstić information content (AvgIpc) is 2.20. The van der Waals surface area contributed by atoms with E-state index in [1.165, 1.54) is 6.08 Å². The largest absolute Gasteiger partial charge is 0.481 e. The molecule has 5 nitrogen and oxygen atoms in total. The predicted octanol–water partition coefficient (Wildman–Crippen LogP) is 1.54. The first-order valence-electron chi connectivity index (χ1n) is 4.86. The molecule has 0 aliphatic rings. The van der Waals surface area contributed by atoms with Gasteiger partial charge in [-0.2, -0.15) is 0 Å². The number of nitrogens with one attached hydrogen (secondary N) is 1. The molecule has 0 aromatic heterocycles. The van der Waals surface area contributed by atoms with Crippen LogP contribution in [0.25, 0.3) is 0 Å². The molecule has 0 saturated carbocycles. The van der Waals surface area contributed by atoms with Gasteiger partial charge in [-0.3, -0.25) is 4.79 Å². The van der Waals surface area contributed by atoms with Crippen molar-refractivity contribution in [2.75, 3.05) is 6.61 Å². The SMILES string of the molecule is C=CCOC(=O)NC(CC)CCC(=O)O. The molecule has 1 amide bonds. The summed E-state index contributed by atoms with van der Waals surface area (Å²) in [4.78, 5) is 21.4. The highest BCUT2D eigenvalue weighted by atomic mass is 16.5. The van der Waals surface area contributed by atoms with Crippen LogP contribution in [0.15, 0.2) is 12.7 Å².